The maximum Gasteiger partial charge on any atom is 0.242 e. The number of amides is 2. The summed E-state index contributed by atoms with van der Waals surface area (Å²) in [4.78, 5) is 28.2. The van der Waals surface area contributed by atoms with E-state index in [9.17, 15) is 9.59 Å². The summed E-state index contributed by atoms with van der Waals surface area (Å²) in [5, 5.41) is 3.21. The number of rotatable bonds is 9. The highest BCUT2D eigenvalue weighted by Crippen LogP contribution is 2.23. The normalized spacial score (nSPS) is 15.5. The smallest absolute Gasteiger partial charge is 0.242 e. The molecule has 184 valence electrons. The molecule has 0 heterocycles. The van der Waals surface area contributed by atoms with Crippen LogP contribution in [-0.4, -0.2) is 35.3 Å². The minimum absolute atomic E-state index is 0.0251. The summed E-state index contributed by atoms with van der Waals surface area (Å²) in [6, 6.07) is 18.5. The molecule has 1 aliphatic carbocycles. The van der Waals surface area contributed by atoms with Crippen LogP contribution in [0.1, 0.15) is 82.9 Å². The van der Waals surface area contributed by atoms with Crippen molar-refractivity contribution in [3.63, 3.8) is 0 Å². The molecule has 1 aliphatic rings. The quantitative estimate of drug-likeness (QED) is 0.510. The molecule has 0 aromatic heterocycles. The van der Waals surface area contributed by atoms with Crippen LogP contribution in [0.3, 0.4) is 0 Å². The van der Waals surface area contributed by atoms with Gasteiger partial charge in [-0.25, -0.2) is 0 Å². The summed E-state index contributed by atoms with van der Waals surface area (Å²) in [5.41, 5.74) is 3.74. The van der Waals surface area contributed by atoms with Gasteiger partial charge in [-0.1, -0.05) is 94.6 Å². The molecule has 2 amide bonds. The molecule has 0 radical (unpaired) electrons. The van der Waals surface area contributed by atoms with E-state index in [4.69, 9.17) is 0 Å². The van der Waals surface area contributed by atoms with Crippen molar-refractivity contribution in [1.82, 2.24) is 10.2 Å². The Kier molecular flexibility index (Phi) is 9.32. The van der Waals surface area contributed by atoms with Crippen molar-refractivity contribution in [1.29, 1.82) is 0 Å². The van der Waals surface area contributed by atoms with E-state index in [1.807, 2.05) is 25.1 Å². The highest BCUT2D eigenvalue weighted by atomic mass is 16.2. The molecule has 1 saturated carbocycles. The number of nitrogens with one attached hydrogen (secondary N) is 1. The maximum absolute atomic E-state index is 13.3. The summed E-state index contributed by atoms with van der Waals surface area (Å²) in [7, 11) is 0. The van der Waals surface area contributed by atoms with Crippen LogP contribution >= 0.6 is 0 Å². The van der Waals surface area contributed by atoms with E-state index in [0.29, 0.717) is 19.4 Å². The van der Waals surface area contributed by atoms with E-state index in [-0.39, 0.29) is 23.3 Å². The largest absolute Gasteiger partial charge is 0.352 e. The molecular formula is C30H42N2O2. The Morgan fingerprint density at radius 2 is 1.53 bits per heavy atom. The second-order valence-electron chi connectivity index (χ2n) is 10.8. The van der Waals surface area contributed by atoms with Gasteiger partial charge in [0.15, 0.2) is 0 Å². The highest BCUT2D eigenvalue weighted by molar-refractivity contribution is 5.87. The Bertz CT molecular complexity index is 909. The standard InChI is InChI=1S/C30H42N2O2/c1-23(29(34)31-27-13-9-6-10-14-27)32(22-21-24-11-7-5-8-12-24)28(33)20-17-25-15-18-26(19-16-25)30(2,3)4/h5,7-8,11-12,15-16,18-19,23,27H,6,9-10,13-14,17,20-22H2,1-4H3,(H,31,34)/t23-/m1/s1. The fourth-order valence-corrected chi connectivity index (χ4v) is 4.71. The van der Waals surface area contributed by atoms with Crippen molar-refractivity contribution >= 4 is 11.8 Å². The fourth-order valence-electron chi connectivity index (χ4n) is 4.71. The second-order valence-corrected chi connectivity index (χ2v) is 10.8. The molecule has 1 N–H and O–H groups in total. The molecule has 3 rings (SSSR count). The minimum atomic E-state index is -0.471. The zero-order valence-corrected chi connectivity index (χ0v) is 21.5. The Labute approximate surface area is 206 Å². The Morgan fingerprint density at radius 3 is 2.15 bits per heavy atom. The lowest BCUT2D eigenvalue weighted by Gasteiger charge is -2.31. The lowest BCUT2D eigenvalue weighted by molar-refractivity contribution is -0.140. The first-order valence-corrected chi connectivity index (χ1v) is 13.0. The minimum Gasteiger partial charge on any atom is -0.352 e. The van der Waals surface area contributed by atoms with Gasteiger partial charge in [0.2, 0.25) is 11.8 Å². The van der Waals surface area contributed by atoms with E-state index < -0.39 is 6.04 Å². The van der Waals surface area contributed by atoms with Gasteiger partial charge < -0.3 is 10.2 Å². The zero-order valence-electron chi connectivity index (χ0n) is 21.5. The third-order valence-electron chi connectivity index (χ3n) is 7.05. The molecule has 0 bridgehead atoms. The van der Waals surface area contributed by atoms with E-state index in [1.165, 1.54) is 30.4 Å². The average Bonchev–Trinajstić information content (AvgIpc) is 2.83. The Hall–Kier alpha value is -2.62. The first kappa shape index (κ1) is 26.0. The van der Waals surface area contributed by atoms with E-state index in [0.717, 1.165) is 24.8 Å². The number of nitrogens with zero attached hydrogens (tertiary/aromatic N) is 1. The van der Waals surface area contributed by atoms with Crippen LogP contribution in [0.5, 0.6) is 0 Å². The van der Waals surface area contributed by atoms with Crippen molar-refractivity contribution in [3.8, 4) is 0 Å². The Morgan fingerprint density at radius 1 is 0.912 bits per heavy atom. The molecule has 2 aromatic rings. The third-order valence-corrected chi connectivity index (χ3v) is 7.05. The van der Waals surface area contributed by atoms with Crippen LogP contribution in [0.4, 0.5) is 0 Å². The molecule has 0 saturated heterocycles. The SMILES string of the molecule is C[C@H](C(=O)NC1CCCCC1)N(CCc1ccccc1)C(=O)CCc1ccc(C(C)(C)C)cc1. The molecule has 1 fully saturated rings. The zero-order chi connectivity index (χ0) is 24.6. The summed E-state index contributed by atoms with van der Waals surface area (Å²) in [6.45, 7) is 9.03. The van der Waals surface area contributed by atoms with Gasteiger partial charge in [0.05, 0.1) is 0 Å². The van der Waals surface area contributed by atoms with Gasteiger partial charge in [0.25, 0.3) is 0 Å². The van der Waals surface area contributed by atoms with E-state index in [2.05, 4.69) is 62.5 Å². The second kappa shape index (κ2) is 12.2. The lowest BCUT2D eigenvalue weighted by atomic mass is 9.86. The van der Waals surface area contributed by atoms with Crippen molar-refractivity contribution in [2.75, 3.05) is 6.54 Å². The van der Waals surface area contributed by atoms with Gasteiger partial charge >= 0.3 is 0 Å². The van der Waals surface area contributed by atoms with Gasteiger partial charge in [0, 0.05) is 19.0 Å². The predicted octanol–water partition coefficient (Wildman–Crippen LogP) is 5.83. The molecule has 4 heteroatoms. The molecule has 34 heavy (non-hydrogen) atoms. The van der Waals surface area contributed by atoms with E-state index >= 15 is 0 Å². The number of aryl methyl sites for hydroxylation is 1. The van der Waals surface area contributed by atoms with Crippen molar-refractivity contribution in [2.45, 2.75) is 96.6 Å². The first-order valence-electron chi connectivity index (χ1n) is 13.0. The molecule has 1 atom stereocenters. The molecule has 0 unspecified atom stereocenters. The molecule has 2 aromatic carbocycles. The van der Waals surface area contributed by atoms with E-state index in [1.54, 1.807) is 4.90 Å². The van der Waals surface area contributed by atoms with Crippen LogP contribution in [0, 0.1) is 0 Å². The van der Waals surface area contributed by atoms with Crippen LogP contribution in [0.25, 0.3) is 0 Å². The summed E-state index contributed by atoms with van der Waals surface area (Å²) in [5.74, 6) is 0.0185. The van der Waals surface area contributed by atoms with Gasteiger partial charge in [-0.15, -0.1) is 0 Å². The maximum atomic E-state index is 13.3. The van der Waals surface area contributed by atoms with Crippen LogP contribution < -0.4 is 5.32 Å². The molecular weight excluding hydrogens is 420 g/mol. The topological polar surface area (TPSA) is 49.4 Å². The molecule has 0 aliphatic heterocycles. The predicted molar refractivity (Wildman–Crippen MR) is 140 cm³/mol. The molecule has 4 nitrogen and oxygen atoms in total. The average molecular weight is 463 g/mol. The van der Waals surface area contributed by atoms with Crippen molar-refractivity contribution < 1.29 is 9.59 Å². The van der Waals surface area contributed by atoms with Crippen LogP contribution in [0.15, 0.2) is 54.6 Å². The number of hydrogen-bond donors (Lipinski definition) is 1. The monoisotopic (exact) mass is 462 g/mol. The summed E-state index contributed by atoms with van der Waals surface area (Å²) < 4.78 is 0. The van der Waals surface area contributed by atoms with Gasteiger partial charge in [0.1, 0.15) is 6.04 Å². The number of carbonyl (C=O) groups excluding carboxylic acids is 2. The van der Waals surface area contributed by atoms with Gasteiger partial charge in [-0.05, 0) is 54.7 Å². The Balaban J connectivity index is 1.64. The number of benzene rings is 2. The fraction of sp³-hybridized carbons (Fsp3) is 0.533. The van der Waals surface area contributed by atoms with Crippen molar-refractivity contribution in [2.24, 2.45) is 0 Å². The number of hydrogen-bond acceptors (Lipinski definition) is 2. The van der Waals surface area contributed by atoms with Crippen LogP contribution in [-0.2, 0) is 27.8 Å². The van der Waals surface area contributed by atoms with Gasteiger partial charge in [-0.2, -0.15) is 0 Å². The van der Waals surface area contributed by atoms with Crippen molar-refractivity contribution in [3.05, 3.63) is 71.3 Å². The summed E-state index contributed by atoms with van der Waals surface area (Å²) >= 11 is 0. The number of carbonyl (C=O) groups is 2. The summed E-state index contributed by atoms with van der Waals surface area (Å²) in [6.07, 6.45) is 7.51. The highest BCUT2D eigenvalue weighted by Gasteiger charge is 2.27. The van der Waals surface area contributed by atoms with Crippen LogP contribution in [0.2, 0.25) is 0 Å². The van der Waals surface area contributed by atoms with Gasteiger partial charge in [-0.3, -0.25) is 9.59 Å². The third kappa shape index (κ3) is 7.72. The lowest BCUT2D eigenvalue weighted by Crippen LogP contribution is -2.51. The first-order chi connectivity index (χ1) is 16.2. The molecule has 0 spiro atoms.